The molecule has 0 aromatic carbocycles. The van der Waals surface area contributed by atoms with E-state index in [2.05, 4.69) is 16.9 Å². The summed E-state index contributed by atoms with van der Waals surface area (Å²) in [6.07, 6.45) is 5.76. The molecule has 104 valence electrons. The molecule has 6 nitrogen and oxygen atoms in total. The molecule has 2 unspecified atom stereocenters. The Morgan fingerprint density at radius 2 is 2.37 bits per heavy atom. The van der Waals surface area contributed by atoms with Crippen molar-refractivity contribution < 1.29 is 14.6 Å². The molecule has 0 saturated carbocycles. The summed E-state index contributed by atoms with van der Waals surface area (Å²) in [5.74, 6) is 0.638. The predicted octanol–water partition coefficient (Wildman–Crippen LogP) is 1.56. The number of methoxy groups -OCH3 is 1. The molecule has 0 aliphatic carbocycles. The number of hydrogen-bond acceptors (Lipinski definition) is 5. The van der Waals surface area contributed by atoms with Gasteiger partial charge in [-0.1, -0.05) is 13.3 Å². The fourth-order valence-corrected chi connectivity index (χ4v) is 2.49. The van der Waals surface area contributed by atoms with Crippen LogP contribution in [0.3, 0.4) is 0 Å². The summed E-state index contributed by atoms with van der Waals surface area (Å²) in [7, 11) is 1.52. The van der Waals surface area contributed by atoms with E-state index in [1.807, 2.05) is 4.90 Å². The first-order valence-electron chi connectivity index (χ1n) is 6.51. The van der Waals surface area contributed by atoms with Gasteiger partial charge in [0.1, 0.15) is 6.04 Å². The summed E-state index contributed by atoms with van der Waals surface area (Å²) in [4.78, 5) is 21.6. The summed E-state index contributed by atoms with van der Waals surface area (Å²) < 4.78 is 5.04. The van der Waals surface area contributed by atoms with Crippen LogP contribution in [0.25, 0.3) is 0 Å². The SMILES string of the molecule is CCC1CCN(c2cncc(OC)n2)C(C(=O)O)C1. The largest absolute Gasteiger partial charge is 0.480 e. The Morgan fingerprint density at radius 1 is 1.58 bits per heavy atom. The van der Waals surface area contributed by atoms with Crippen molar-refractivity contribution in [2.75, 3.05) is 18.6 Å². The second-order valence-electron chi connectivity index (χ2n) is 4.77. The first-order chi connectivity index (χ1) is 9.15. The lowest BCUT2D eigenvalue weighted by Gasteiger charge is -2.37. The van der Waals surface area contributed by atoms with Crippen molar-refractivity contribution >= 4 is 11.8 Å². The first-order valence-corrected chi connectivity index (χ1v) is 6.51. The third-order valence-electron chi connectivity index (χ3n) is 3.68. The highest BCUT2D eigenvalue weighted by Crippen LogP contribution is 2.29. The van der Waals surface area contributed by atoms with Crippen LogP contribution in [0.5, 0.6) is 5.88 Å². The average molecular weight is 265 g/mol. The number of rotatable bonds is 4. The van der Waals surface area contributed by atoms with Crippen LogP contribution in [-0.4, -0.2) is 40.7 Å². The number of carboxylic acid groups (broad SMARTS) is 1. The summed E-state index contributed by atoms with van der Waals surface area (Å²) in [6.45, 7) is 2.79. The highest BCUT2D eigenvalue weighted by molar-refractivity contribution is 5.78. The first kappa shape index (κ1) is 13.6. The number of carbonyl (C=O) groups is 1. The quantitative estimate of drug-likeness (QED) is 0.890. The van der Waals surface area contributed by atoms with Gasteiger partial charge < -0.3 is 14.7 Å². The Kier molecular flexibility index (Phi) is 4.19. The number of anilines is 1. The zero-order valence-electron chi connectivity index (χ0n) is 11.2. The number of carboxylic acids is 1. The fraction of sp³-hybridized carbons (Fsp3) is 0.615. The van der Waals surface area contributed by atoms with Crippen LogP contribution in [0.4, 0.5) is 5.82 Å². The lowest BCUT2D eigenvalue weighted by molar-refractivity contribution is -0.139. The minimum atomic E-state index is -0.803. The Bertz CT molecular complexity index is 453. The fourth-order valence-electron chi connectivity index (χ4n) is 2.49. The topological polar surface area (TPSA) is 75.5 Å². The Labute approximate surface area is 112 Å². The molecule has 0 amide bonds. The molecule has 1 aliphatic rings. The minimum absolute atomic E-state index is 0.402. The van der Waals surface area contributed by atoms with E-state index in [1.165, 1.54) is 13.3 Å². The van der Waals surface area contributed by atoms with Gasteiger partial charge in [-0.2, -0.15) is 4.98 Å². The lowest BCUT2D eigenvalue weighted by Crippen LogP contribution is -2.47. The van der Waals surface area contributed by atoms with Crippen LogP contribution in [0.15, 0.2) is 12.4 Å². The summed E-state index contributed by atoms with van der Waals surface area (Å²) in [5, 5.41) is 9.39. The maximum Gasteiger partial charge on any atom is 0.326 e. The van der Waals surface area contributed by atoms with Crippen molar-refractivity contribution in [3.05, 3.63) is 12.4 Å². The molecular weight excluding hydrogens is 246 g/mol. The number of piperidine rings is 1. The maximum atomic E-state index is 11.4. The van der Waals surface area contributed by atoms with Crippen LogP contribution in [0.1, 0.15) is 26.2 Å². The molecule has 1 N–H and O–H groups in total. The van der Waals surface area contributed by atoms with Crippen LogP contribution in [-0.2, 0) is 4.79 Å². The van der Waals surface area contributed by atoms with Crippen molar-refractivity contribution in [1.29, 1.82) is 0 Å². The summed E-state index contributed by atoms with van der Waals surface area (Å²) in [5.41, 5.74) is 0. The minimum Gasteiger partial charge on any atom is -0.480 e. The van der Waals surface area contributed by atoms with E-state index in [9.17, 15) is 9.90 Å². The molecule has 6 heteroatoms. The van der Waals surface area contributed by atoms with E-state index < -0.39 is 12.0 Å². The molecule has 1 saturated heterocycles. The van der Waals surface area contributed by atoms with Crippen molar-refractivity contribution in [3.63, 3.8) is 0 Å². The van der Waals surface area contributed by atoms with Gasteiger partial charge in [-0.15, -0.1) is 0 Å². The molecule has 19 heavy (non-hydrogen) atoms. The van der Waals surface area contributed by atoms with Gasteiger partial charge in [0.25, 0.3) is 0 Å². The summed E-state index contributed by atoms with van der Waals surface area (Å²) >= 11 is 0. The maximum absolute atomic E-state index is 11.4. The van der Waals surface area contributed by atoms with Gasteiger partial charge in [-0.25, -0.2) is 4.79 Å². The van der Waals surface area contributed by atoms with Crippen molar-refractivity contribution in [2.24, 2.45) is 5.92 Å². The predicted molar refractivity (Wildman–Crippen MR) is 70.4 cm³/mol. The number of aromatic nitrogens is 2. The van der Waals surface area contributed by atoms with Crippen LogP contribution < -0.4 is 9.64 Å². The molecule has 1 aromatic rings. The van der Waals surface area contributed by atoms with Crippen LogP contribution in [0.2, 0.25) is 0 Å². The second kappa shape index (κ2) is 5.86. The van der Waals surface area contributed by atoms with Gasteiger partial charge in [0.05, 0.1) is 19.5 Å². The van der Waals surface area contributed by atoms with Gasteiger partial charge >= 0.3 is 5.97 Å². The van der Waals surface area contributed by atoms with E-state index in [1.54, 1.807) is 6.20 Å². The molecule has 2 atom stereocenters. The Balaban J connectivity index is 2.23. The Morgan fingerprint density at radius 3 is 3.00 bits per heavy atom. The number of aliphatic carboxylic acids is 1. The Hall–Kier alpha value is -1.85. The zero-order valence-corrected chi connectivity index (χ0v) is 11.2. The van der Waals surface area contributed by atoms with Gasteiger partial charge in [0, 0.05) is 6.54 Å². The van der Waals surface area contributed by atoms with Gasteiger partial charge in [0.15, 0.2) is 5.82 Å². The van der Waals surface area contributed by atoms with Crippen LogP contribution in [0, 0.1) is 5.92 Å². The van der Waals surface area contributed by atoms with E-state index in [0.29, 0.717) is 30.6 Å². The highest BCUT2D eigenvalue weighted by atomic mass is 16.5. The molecule has 1 fully saturated rings. The third-order valence-corrected chi connectivity index (χ3v) is 3.68. The van der Waals surface area contributed by atoms with Crippen molar-refractivity contribution in [1.82, 2.24) is 9.97 Å². The monoisotopic (exact) mass is 265 g/mol. The van der Waals surface area contributed by atoms with E-state index >= 15 is 0 Å². The summed E-state index contributed by atoms with van der Waals surface area (Å²) in [6, 6.07) is -0.528. The highest BCUT2D eigenvalue weighted by Gasteiger charge is 2.33. The van der Waals surface area contributed by atoms with Crippen molar-refractivity contribution in [3.8, 4) is 5.88 Å². The smallest absolute Gasteiger partial charge is 0.326 e. The van der Waals surface area contributed by atoms with E-state index in [4.69, 9.17) is 4.74 Å². The molecule has 0 radical (unpaired) electrons. The van der Waals surface area contributed by atoms with E-state index in [-0.39, 0.29) is 0 Å². The number of ether oxygens (including phenoxy) is 1. The molecule has 0 spiro atoms. The van der Waals surface area contributed by atoms with Crippen molar-refractivity contribution in [2.45, 2.75) is 32.2 Å². The van der Waals surface area contributed by atoms with Gasteiger partial charge in [0.2, 0.25) is 5.88 Å². The standard InChI is InChI=1S/C13H19N3O3/c1-3-9-4-5-16(10(6-9)13(17)18)11-7-14-8-12(15-11)19-2/h7-10H,3-6H2,1-2H3,(H,17,18). The van der Waals surface area contributed by atoms with E-state index in [0.717, 1.165) is 12.8 Å². The molecule has 0 bridgehead atoms. The van der Waals surface area contributed by atoms with Crippen LogP contribution >= 0.6 is 0 Å². The lowest BCUT2D eigenvalue weighted by atomic mass is 9.89. The number of nitrogens with zero attached hydrogens (tertiary/aromatic N) is 3. The second-order valence-corrected chi connectivity index (χ2v) is 4.77. The van der Waals surface area contributed by atoms with Gasteiger partial charge in [-0.3, -0.25) is 4.98 Å². The third kappa shape index (κ3) is 2.94. The molecular formula is C13H19N3O3. The number of hydrogen-bond donors (Lipinski definition) is 1. The van der Waals surface area contributed by atoms with Gasteiger partial charge in [-0.05, 0) is 18.8 Å². The molecule has 1 aliphatic heterocycles. The average Bonchev–Trinajstić information content (AvgIpc) is 2.46. The molecule has 2 rings (SSSR count). The molecule has 2 heterocycles. The normalized spacial score (nSPS) is 23.2. The zero-order chi connectivity index (χ0) is 13.8. The molecule has 1 aromatic heterocycles.